The molecule has 1 amide bonds. The van der Waals surface area contributed by atoms with Crippen molar-refractivity contribution in [3.8, 4) is 0 Å². The molecule has 0 fully saturated rings. The summed E-state index contributed by atoms with van der Waals surface area (Å²) in [5.74, 6) is -1.95. The maximum atomic E-state index is 13.0. The predicted molar refractivity (Wildman–Crippen MR) is 108 cm³/mol. The minimum absolute atomic E-state index is 0.131. The summed E-state index contributed by atoms with van der Waals surface area (Å²) in [7, 11) is 0. The van der Waals surface area contributed by atoms with Crippen molar-refractivity contribution in [2.75, 3.05) is 0 Å². The third kappa shape index (κ3) is 4.16. The molecule has 0 aliphatic rings. The molecule has 0 aliphatic heterocycles. The highest BCUT2D eigenvalue weighted by atomic mass is 32.1. The van der Waals surface area contributed by atoms with Gasteiger partial charge in [-0.25, -0.2) is 4.79 Å². The molecule has 1 atom stereocenters. The minimum Gasteiger partial charge on any atom is -0.480 e. The molecule has 3 rings (SSSR count). The Kier molecular flexibility index (Phi) is 5.85. The van der Waals surface area contributed by atoms with E-state index >= 15 is 0 Å². The first-order valence-corrected chi connectivity index (χ1v) is 9.96. The molecule has 158 valence electrons. The quantitative estimate of drug-likeness (QED) is 0.617. The lowest BCUT2D eigenvalue weighted by atomic mass is 10.1. The van der Waals surface area contributed by atoms with E-state index in [9.17, 15) is 27.9 Å². The zero-order chi connectivity index (χ0) is 22.2. The predicted octanol–water partition coefficient (Wildman–Crippen LogP) is 5.12. The van der Waals surface area contributed by atoms with Crippen molar-refractivity contribution in [2.45, 2.75) is 39.4 Å². The minimum atomic E-state index is -4.58. The number of rotatable bonds is 4. The van der Waals surface area contributed by atoms with E-state index in [1.165, 1.54) is 10.6 Å². The van der Waals surface area contributed by atoms with Crippen LogP contribution in [0.4, 0.5) is 13.2 Å². The summed E-state index contributed by atoms with van der Waals surface area (Å²) >= 11 is 1.13. The fraction of sp³-hybridized carbons (Fsp3) is 0.286. The molecule has 3 aromatic rings. The van der Waals surface area contributed by atoms with Gasteiger partial charge in [-0.1, -0.05) is 24.3 Å². The lowest BCUT2D eigenvalue weighted by Crippen LogP contribution is -2.27. The third-order valence-corrected chi connectivity index (χ3v) is 5.88. The van der Waals surface area contributed by atoms with Crippen molar-refractivity contribution in [3.63, 3.8) is 0 Å². The smallest absolute Gasteiger partial charge is 0.416 e. The second-order valence-corrected chi connectivity index (χ2v) is 7.93. The number of carbonyl (C=O) groups is 2. The standard InChI is InChI=1S/C21H19F3N2O3S/c1-4-15(19(28)29)26-16-8-11(2)12(3)9-17(16)30-20(26)25-18(27)13-6-5-7-14(10-13)21(22,23)24/h5-10,15H,4H2,1-3H3,(H,28,29). The average molecular weight is 436 g/mol. The highest BCUT2D eigenvalue weighted by Gasteiger charge is 2.31. The molecule has 0 radical (unpaired) electrons. The van der Waals surface area contributed by atoms with Gasteiger partial charge in [-0.3, -0.25) is 4.79 Å². The number of benzene rings is 2. The SMILES string of the molecule is CCC(C(=O)O)n1c(=NC(=O)c2cccc(C(F)(F)F)c2)sc2cc(C)c(C)cc21. The molecule has 0 bridgehead atoms. The first kappa shape index (κ1) is 21.8. The van der Waals surface area contributed by atoms with Gasteiger partial charge in [0, 0.05) is 5.56 Å². The van der Waals surface area contributed by atoms with Crippen LogP contribution in [0.25, 0.3) is 10.2 Å². The van der Waals surface area contributed by atoms with Crippen LogP contribution in [0.3, 0.4) is 0 Å². The van der Waals surface area contributed by atoms with E-state index in [0.29, 0.717) is 5.52 Å². The van der Waals surface area contributed by atoms with E-state index in [0.717, 1.165) is 45.4 Å². The lowest BCUT2D eigenvalue weighted by molar-refractivity contribution is -0.141. The number of carbonyl (C=O) groups excluding carboxylic acids is 1. The van der Waals surface area contributed by atoms with Gasteiger partial charge in [0.15, 0.2) is 4.80 Å². The summed E-state index contributed by atoms with van der Waals surface area (Å²) in [4.78, 5) is 28.6. The Morgan fingerprint density at radius 3 is 2.43 bits per heavy atom. The van der Waals surface area contributed by atoms with Crippen molar-refractivity contribution in [2.24, 2.45) is 4.99 Å². The Morgan fingerprint density at radius 2 is 1.83 bits per heavy atom. The summed E-state index contributed by atoms with van der Waals surface area (Å²) < 4.78 is 41.1. The van der Waals surface area contributed by atoms with Crippen molar-refractivity contribution in [3.05, 3.63) is 63.5 Å². The zero-order valence-corrected chi connectivity index (χ0v) is 17.3. The Morgan fingerprint density at radius 1 is 1.17 bits per heavy atom. The number of carboxylic acid groups (broad SMARTS) is 1. The molecule has 1 aromatic heterocycles. The molecule has 1 N–H and O–H groups in total. The van der Waals surface area contributed by atoms with Gasteiger partial charge >= 0.3 is 12.1 Å². The van der Waals surface area contributed by atoms with Crippen molar-refractivity contribution < 1.29 is 27.9 Å². The van der Waals surface area contributed by atoms with Crippen LogP contribution in [0.5, 0.6) is 0 Å². The van der Waals surface area contributed by atoms with Crippen LogP contribution in [-0.4, -0.2) is 21.6 Å². The Hall–Kier alpha value is -2.94. The number of hydrogen-bond donors (Lipinski definition) is 1. The Bertz CT molecular complexity index is 1210. The monoisotopic (exact) mass is 436 g/mol. The van der Waals surface area contributed by atoms with E-state index in [1.807, 2.05) is 26.0 Å². The number of thiazole rings is 1. The molecule has 0 saturated heterocycles. The van der Waals surface area contributed by atoms with E-state index in [4.69, 9.17) is 0 Å². The van der Waals surface area contributed by atoms with Gasteiger partial charge in [0.2, 0.25) is 0 Å². The Labute approximate surface area is 174 Å². The van der Waals surface area contributed by atoms with Crippen LogP contribution in [0.15, 0.2) is 41.4 Å². The molecule has 0 spiro atoms. The number of nitrogens with zero attached hydrogens (tertiary/aromatic N) is 2. The first-order valence-electron chi connectivity index (χ1n) is 9.14. The van der Waals surface area contributed by atoms with Crippen molar-refractivity contribution in [1.29, 1.82) is 0 Å². The number of aliphatic carboxylic acids is 1. The van der Waals surface area contributed by atoms with Gasteiger partial charge in [-0.15, -0.1) is 0 Å². The average Bonchev–Trinajstić information content (AvgIpc) is 2.99. The summed E-state index contributed by atoms with van der Waals surface area (Å²) in [5.41, 5.74) is 1.40. The topological polar surface area (TPSA) is 71.7 Å². The number of fused-ring (bicyclic) bond motifs is 1. The second-order valence-electron chi connectivity index (χ2n) is 6.92. The molecule has 5 nitrogen and oxygen atoms in total. The summed E-state index contributed by atoms with van der Waals surface area (Å²) in [6.45, 7) is 5.51. The van der Waals surface area contributed by atoms with Crippen LogP contribution in [0.1, 0.15) is 46.4 Å². The number of halogens is 3. The number of aromatic nitrogens is 1. The molecule has 0 aliphatic carbocycles. The number of carboxylic acids is 1. The molecule has 0 saturated carbocycles. The van der Waals surface area contributed by atoms with Crippen LogP contribution in [0, 0.1) is 13.8 Å². The van der Waals surface area contributed by atoms with Gasteiger partial charge in [0.25, 0.3) is 5.91 Å². The molecule has 30 heavy (non-hydrogen) atoms. The number of amides is 1. The Balaban J connectivity index is 2.23. The molecule has 2 aromatic carbocycles. The lowest BCUT2D eigenvalue weighted by Gasteiger charge is -2.14. The fourth-order valence-corrected chi connectivity index (χ4v) is 4.27. The zero-order valence-electron chi connectivity index (χ0n) is 16.4. The fourth-order valence-electron chi connectivity index (χ4n) is 3.12. The third-order valence-electron chi connectivity index (χ3n) is 4.86. The molecular formula is C21H19F3N2O3S. The van der Waals surface area contributed by atoms with Crippen molar-refractivity contribution in [1.82, 2.24) is 4.57 Å². The largest absolute Gasteiger partial charge is 0.480 e. The van der Waals surface area contributed by atoms with E-state index in [1.54, 1.807) is 6.92 Å². The first-order chi connectivity index (χ1) is 14.0. The van der Waals surface area contributed by atoms with Crippen LogP contribution in [-0.2, 0) is 11.0 Å². The molecule has 1 unspecified atom stereocenters. The summed E-state index contributed by atoms with van der Waals surface area (Å²) in [6.07, 6.45) is -4.33. The second kappa shape index (κ2) is 8.06. The van der Waals surface area contributed by atoms with E-state index in [-0.39, 0.29) is 16.8 Å². The van der Waals surface area contributed by atoms with E-state index < -0.39 is 29.7 Å². The normalized spacial score (nSPS) is 13.6. The van der Waals surface area contributed by atoms with Crippen LogP contribution in [0.2, 0.25) is 0 Å². The maximum absolute atomic E-state index is 13.0. The number of aryl methyl sites for hydroxylation is 2. The molecule has 9 heteroatoms. The van der Waals surface area contributed by atoms with Crippen molar-refractivity contribution >= 4 is 33.4 Å². The molecule has 1 heterocycles. The maximum Gasteiger partial charge on any atom is 0.416 e. The number of alkyl halides is 3. The molecular weight excluding hydrogens is 417 g/mol. The van der Waals surface area contributed by atoms with Crippen LogP contribution >= 0.6 is 11.3 Å². The van der Waals surface area contributed by atoms with Gasteiger partial charge < -0.3 is 9.67 Å². The number of hydrogen-bond acceptors (Lipinski definition) is 3. The van der Waals surface area contributed by atoms with Gasteiger partial charge in [0.1, 0.15) is 6.04 Å². The van der Waals surface area contributed by atoms with E-state index in [2.05, 4.69) is 4.99 Å². The van der Waals surface area contributed by atoms with Gasteiger partial charge in [0.05, 0.1) is 15.8 Å². The highest BCUT2D eigenvalue weighted by molar-refractivity contribution is 7.16. The summed E-state index contributed by atoms with van der Waals surface area (Å²) in [6, 6.07) is 6.76. The van der Waals surface area contributed by atoms with Gasteiger partial charge in [-0.2, -0.15) is 18.2 Å². The van der Waals surface area contributed by atoms with Crippen LogP contribution < -0.4 is 4.80 Å². The summed E-state index contributed by atoms with van der Waals surface area (Å²) in [5, 5.41) is 9.66. The van der Waals surface area contributed by atoms with Gasteiger partial charge in [-0.05, 0) is 61.7 Å². The highest BCUT2D eigenvalue weighted by Crippen LogP contribution is 2.30.